The Bertz CT molecular complexity index is 1390. The van der Waals surface area contributed by atoms with Gasteiger partial charge in [0.25, 0.3) is 5.91 Å². The maximum absolute atomic E-state index is 12.7. The van der Waals surface area contributed by atoms with Crippen LogP contribution in [0.2, 0.25) is 0 Å². The summed E-state index contributed by atoms with van der Waals surface area (Å²) >= 11 is 1.31. The summed E-state index contributed by atoms with van der Waals surface area (Å²) in [6, 6.07) is 20.0. The molecular formula is C25H17N3O4S. The van der Waals surface area contributed by atoms with Gasteiger partial charge < -0.3 is 9.15 Å². The Kier molecular flexibility index (Phi) is 5.27. The fraction of sp³-hybridized carbons (Fsp3) is 0.0400. The van der Waals surface area contributed by atoms with Crippen LogP contribution >= 0.6 is 11.8 Å². The average molecular weight is 455 g/mol. The molecule has 1 amide bonds. The Labute approximate surface area is 193 Å². The molecule has 2 aromatic carbocycles. The number of esters is 1. The molecule has 0 radical (unpaired) electrons. The number of ether oxygens (including phenoxy) is 1. The minimum Gasteiger partial charge on any atom is -0.465 e. The van der Waals surface area contributed by atoms with Crippen molar-refractivity contribution >= 4 is 46.4 Å². The summed E-state index contributed by atoms with van der Waals surface area (Å²) in [5, 5.41) is 11.1. The molecule has 0 fully saturated rings. The zero-order valence-corrected chi connectivity index (χ0v) is 18.3. The number of carbonyl (C=O) groups excluding carboxylic acids is 2. The van der Waals surface area contributed by atoms with E-state index in [-0.39, 0.29) is 11.4 Å². The van der Waals surface area contributed by atoms with Crippen molar-refractivity contribution in [3.05, 3.63) is 94.6 Å². The summed E-state index contributed by atoms with van der Waals surface area (Å²) in [6.45, 7) is 0. The van der Waals surface area contributed by atoms with Gasteiger partial charge in [0.05, 0.1) is 23.9 Å². The first kappa shape index (κ1) is 20.7. The number of hydrogen-bond donors (Lipinski definition) is 1. The van der Waals surface area contributed by atoms with E-state index >= 15 is 0 Å². The SMILES string of the molecule is COC(=O)c1ccccc1-c1ccc(/C=C2/C(=N)N3C(c4ccccc4)=CSC3=NC2=O)o1. The number of furan rings is 1. The topological polar surface area (TPSA) is 96.0 Å². The highest BCUT2D eigenvalue weighted by atomic mass is 32.2. The van der Waals surface area contributed by atoms with Gasteiger partial charge in [-0.1, -0.05) is 60.3 Å². The smallest absolute Gasteiger partial charge is 0.338 e. The highest BCUT2D eigenvalue weighted by Crippen LogP contribution is 2.37. The van der Waals surface area contributed by atoms with Gasteiger partial charge in [0.2, 0.25) is 0 Å². The van der Waals surface area contributed by atoms with E-state index in [2.05, 4.69) is 4.99 Å². The van der Waals surface area contributed by atoms with Gasteiger partial charge in [0.1, 0.15) is 17.4 Å². The van der Waals surface area contributed by atoms with Crippen molar-refractivity contribution in [1.82, 2.24) is 4.90 Å². The van der Waals surface area contributed by atoms with Crippen molar-refractivity contribution in [3.8, 4) is 11.3 Å². The third-order valence-electron chi connectivity index (χ3n) is 5.20. The monoisotopic (exact) mass is 455 g/mol. The van der Waals surface area contributed by atoms with Crippen molar-refractivity contribution in [2.75, 3.05) is 7.11 Å². The van der Waals surface area contributed by atoms with Crippen LogP contribution in [0.25, 0.3) is 23.1 Å². The number of fused-ring (bicyclic) bond motifs is 1. The zero-order chi connectivity index (χ0) is 22.9. The number of hydrogen-bond acceptors (Lipinski definition) is 6. The summed E-state index contributed by atoms with van der Waals surface area (Å²) in [7, 11) is 1.32. The van der Waals surface area contributed by atoms with Crippen molar-refractivity contribution in [2.24, 2.45) is 4.99 Å². The van der Waals surface area contributed by atoms with Gasteiger partial charge >= 0.3 is 5.97 Å². The maximum Gasteiger partial charge on any atom is 0.338 e. The van der Waals surface area contributed by atoms with Gasteiger partial charge in [0, 0.05) is 11.0 Å². The molecule has 0 aliphatic carbocycles. The molecular weight excluding hydrogens is 438 g/mol. The number of benzene rings is 2. The summed E-state index contributed by atoms with van der Waals surface area (Å²) in [5.74, 6) is -0.135. The van der Waals surface area contributed by atoms with E-state index in [1.807, 2.05) is 35.7 Å². The molecule has 2 aliphatic rings. The largest absolute Gasteiger partial charge is 0.465 e. The number of aliphatic imine (C=N–C) groups is 1. The van der Waals surface area contributed by atoms with E-state index in [4.69, 9.17) is 14.6 Å². The van der Waals surface area contributed by atoms with Crippen LogP contribution in [0.15, 0.2) is 87.1 Å². The first-order chi connectivity index (χ1) is 16.1. The fourth-order valence-corrected chi connectivity index (χ4v) is 4.51. The molecule has 1 aromatic heterocycles. The third kappa shape index (κ3) is 3.70. The molecule has 2 aliphatic heterocycles. The quantitative estimate of drug-likeness (QED) is 0.438. The van der Waals surface area contributed by atoms with E-state index < -0.39 is 11.9 Å². The van der Waals surface area contributed by atoms with Gasteiger partial charge in [-0.25, -0.2) is 4.79 Å². The molecule has 162 valence electrons. The Morgan fingerprint density at radius 3 is 2.64 bits per heavy atom. The second-order valence-corrected chi connectivity index (χ2v) is 8.00. The van der Waals surface area contributed by atoms with Crippen LogP contribution in [0.5, 0.6) is 0 Å². The molecule has 5 rings (SSSR count). The Morgan fingerprint density at radius 1 is 1.09 bits per heavy atom. The maximum atomic E-state index is 12.7. The molecule has 1 N–H and O–H groups in total. The zero-order valence-electron chi connectivity index (χ0n) is 17.4. The highest BCUT2D eigenvalue weighted by molar-refractivity contribution is 8.17. The Morgan fingerprint density at radius 2 is 1.85 bits per heavy atom. The molecule has 0 atom stereocenters. The predicted octanol–water partition coefficient (Wildman–Crippen LogP) is 5.04. The van der Waals surface area contributed by atoms with E-state index in [9.17, 15) is 9.59 Å². The molecule has 33 heavy (non-hydrogen) atoms. The molecule has 8 heteroatoms. The second kappa shape index (κ2) is 8.40. The number of thioether (sulfide) groups is 1. The van der Waals surface area contributed by atoms with Crippen molar-refractivity contribution in [2.45, 2.75) is 0 Å². The number of nitrogens with one attached hydrogen (secondary N) is 1. The number of amides is 1. The van der Waals surface area contributed by atoms with Crippen LogP contribution in [-0.4, -0.2) is 34.9 Å². The van der Waals surface area contributed by atoms with Gasteiger partial charge in [0.15, 0.2) is 5.17 Å². The molecule has 0 saturated heterocycles. The van der Waals surface area contributed by atoms with E-state index in [0.717, 1.165) is 11.3 Å². The minimum absolute atomic E-state index is 0.0259. The van der Waals surface area contributed by atoms with Crippen LogP contribution in [0.4, 0.5) is 0 Å². The summed E-state index contributed by atoms with van der Waals surface area (Å²) in [4.78, 5) is 30.6. The molecule has 3 heterocycles. The molecule has 0 saturated carbocycles. The molecule has 7 nitrogen and oxygen atoms in total. The Balaban J connectivity index is 1.49. The van der Waals surface area contributed by atoms with Crippen LogP contribution in [0, 0.1) is 5.41 Å². The van der Waals surface area contributed by atoms with Gasteiger partial charge in [-0.2, -0.15) is 4.99 Å². The lowest BCUT2D eigenvalue weighted by Gasteiger charge is -2.26. The standard InChI is InChI=1S/C25H17N3O4S/c1-31-24(30)18-10-6-5-9-17(18)21-12-11-16(32-21)13-19-22(26)28-20(15-7-3-2-4-8-15)14-33-25(28)27-23(19)29/h2-14,26H,1H3/b19-13-,26-22?. The van der Waals surface area contributed by atoms with E-state index in [1.165, 1.54) is 24.9 Å². The third-order valence-corrected chi connectivity index (χ3v) is 6.02. The van der Waals surface area contributed by atoms with E-state index in [1.54, 1.807) is 41.3 Å². The molecule has 0 bridgehead atoms. The lowest BCUT2D eigenvalue weighted by molar-refractivity contribution is -0.114. The van der Waals surface area contributed by atoms with Gasteiger partial charge in [-0.05, 0) is 29.8 Å². The van der Waals surface area contributed by atoms with Crippen molar-refractivity contribution in [3.63, 3.8) is 0 Å². The predicted molar refractivity (Wildman–Crippen MR) is 127 cm³/mol. The van der Waals surface area contributed by atoms with Crippen LogP contribution < -0.4 is 0 Å². The molecule has 3 aromatic rings. The highest BCUT2D eigenvalue weighted by Gasteiger charge is 2.36. The first-order valence-electron chi connectivity index (χ1n) is 10.0. The van der Waals surface area contributed by atoms with Crippen LogP contribution in [0.3, 0.4) is 0 Å². The molecule has 0 spiro atoms. The average Bonchev–Trinajstić information content (AvgIpc) is 3.49. The van der Waals surface area contributed by atoms with Crippen LogP contribution in [0.1, 0.15) is 21.7 Å². The number of carbonyl (C=O) groups is 2. The fourth-order valence-electron chi connectivity index (χ4n) is 3.62. The molecule has 0 unspecified atom stereocenters. The number of rotatable bonds is 4. The first-order valence-corrected chi connectivity index (χ1v) is 10.9. The van der Waals surface area contributed by atoms with E-state index in [0.29, 0.717) is 27.8 Å². The Hall–Kier alpha value is -4.17. The normalized spacial score (nSPS) is 16.5. The second-order valence-electron chi connectivity index (χ2n) is 7.17. The summed E-state index contributed by atoms with van der Waals surface area (Å²) < 4.78 is 10.8. The lowest BCUT2D eigenvalue weighted by atomic mass is 10.1. The van der Waals surface area contributed by atoms with Gasteiger partial charge in [-0.3, -0.25) is 15.1 Å². The lowest BCUT2D eigenvalue weighted by Crippen LogP contribution is -2.37. The summed E-state index contributed by atoms with van der Waals surface area (Å²) in [6.07, 6.45) is 1.50. The van der Waals surface area contributed by atoms with Crippen molar-refractivity contribution < 1.29 is 18.7 Å². The number of amidine groups is 2. The minimum atomic E-state index is -0.505. The number of methoxy groups -OCH3 is 1. The van der Waals surface area contributed by atoms with Crippen molar-refractivity contribution in [1.29, 1.82) is 5.41 Å². The van der Waals surface area contributed by atoms with Crippen LogP contribution in [-0.2, 0) is 9.53 Å². The van der Waals surface area contributed by atoms with Gasteiger partial charge in [-0.15, -0.1) is 0 Å². The summed E-state index contributed by atoms with van der Waals surface area (Å²) in [5.41, 5.74) is 2.77. The number of nitrogens with zero attached hydrogens (tertiary/aromatic N) is 2.